The lowest BCUT2D eigenvalue weighted by Crippen LogP contribution is -2.65. The van der Waals surface area contributed by atoms with Gasteiger partial charge in [0.05, 0.1) is 19.1 Å². The number of carboxylic acid groups (broad SMARTS) is 1. The van der Waals surface area contributed by atoms with Crippen LogP contribution in [0.2, 0.25) is 0 Å². The highest BCUT2D eigenvalue weighted by molar-refractivity contribution is 7.10. The number of likely N-dealkylation sites (tertiary alicyclic amines) is 1. The minimum Gasteiger partial charge on any atom is -0.480 e. The van der Waals surface area contributed by atoms with E-state index in [1.165, 1.54) is 0 Å². The van der Waals surface area contributed by atoms with E-state index in [9.17, 15) is 9.59 Å². The predicted octanol–water partition coefficient (Wildman–Crippen LogP) is 1.69. The van der Waals surface area contributed by atoms with Crippen molar-refractivity contribution >= 4 is 23.3 Å². The first kappa shape index (κ1) is 14.8. The van der Waals surface area contributed by atoms with E-state index in [2.05, 4.69) is 5.32 Å². The van der Waals surface area contributed by atoms with E-state index in [1.54, 1.807) is 16.2 Å². The van der Waals surface area contributed by atoms with Crippen molar-refractivity contribution in [1.82, 2.24) is 10.2 Å². The normalized spacial score (nSPS) is 18.2. The molecule has 1 fully saturated rings. The minimum atomic E-state index is -1.000. The Morgan fingerprint density at radius 1 is 1.60 bits per heavy atom. The van der Waals surface area contributed by atoms with E-state index in [0.29, 0.717) is 13.1 Å². The Balaban J connectivity index is 1.77. The maximum atomic E-state index is 12.0. The molecule has 2 N–H and O–H groups in total. The van der Waals surface area contributed by atoms with Crippen molar-refractivity contribution in [2.24, 2.45) is 0 Å². The van der Waals surface area contributed by atoms with Gasteiger partial charge in [0.15, 0.2) is 0 Å². The summed E-state index contributed by atoms with van der Waals surface area (Å²) in [5.74, 6) is -1.000. The maximum absolute atomic E-state index is 12.0. The molecule has 20 heavy (non-hydrogen) atoms. The summed E-state index contributed by atoms with van der Waals surface area (Å²) in [6.45, 7) is 4.22. The topological polar surface area (TPSA) is 78.9 Å². The summed E-state index contributed by atoms with van der Waals surface area (Å²) in [6.07, 6.45) is 0. The highest BCUT2D eigenvalue weighted by Crippen LogP contribution is 2.25. The Kier molecular flexibility index (Phi) is 4.29. The van der Waals surface area contributed by atoms with Crippen molar-refractivity contribution in [2.45, 2.75) is 25.5 Å². The van der Waals surface area contributed by atoms with Crippen LogP contribution in [0.15, 0.2) is 17.5 Å². The fraction of sp³-hybridized carbons (Fsp3) is 0.538. The fourth-order valence-corrected chi connectivity index (χ4v) is 2.85. The van der Waals surface area contributed by atoms with Gasteiger partial charge in [0.25, 0.3) is 0 Å². The first-order valence-electron chi connectivity index (χ1n) is 6.34. The fourth-order valence-electron chi connectivity index (χ4n) is 2.12. The molecule has 0 radical (unpaired) electrons. The first-order chi connectivity index (χ1) is 9.39. The lowest BCUT2D eigenvalue weighted by atomic mass is 9.97. The van der Waals surface area contributed by atoms with E-state index < -0.39 is 11.6 Å². The molecule has 1 aromatic heterocycles. The van der Waals surface area contributed by atoms with Crippen LogP contribution >= 0.6 is 11.3 Å². The van der Waals surface area contributed by atoms with Crippen molar-refractivity contribution in [3.8, 4) is 0 Å². The predicted molar refractivity (Wildman–Crippen MR) is 74.8 cm³/mol. The van der Waals surface area contributed by atoms with Gasteiger partial charge in [-0.3, -0.25) is 0 Å². The van der Waals surface area contributed by atoms with Gasteiger partial charge in [-0.25, -0.2) is 9.59 Å². The van der Waals surface area contributed by atoms with Gasteiger partial charge in [-0.05, 0) is 25.3 Å². The minimum absolute atomic E-state index is 0.0331. The number of urea groups is 1. The summed E-state index contributed by atoms with van der Waals surface area (Å²) in [5.41, 5.74) is -0.554. The second kappa shape index (κ2) is 5.80. The van der Waals surface area contributed by atoms with Gasteiger partial charge in [-0.1, -0.05) is 6.07 Å². The highest BCUT2D eigenvalue weighted by Gasteiger charge is 2.43. The molecule has 1 aliphatic heterocycles. The van der Waals surface area contributed by atoms with Crippen LogP contribution in [0.1, 0.15) is 24.8 Å². The number of nitrogens with zero attached hydrogens (tertiary/aromatic N) is 1. The molecule has 0 aliphatic carbocycles. The third-order valence-corrected chi connectivity index (χ3v) is 4.25. The molecule has 0 bridgehead atoms. The number of amides is 2. The number of ether oxygens (including phenoxy) is 1. The van der Waals surface area contributed by atoms with Gasteiger partial charge in [-0.15, -0.1) is 11.3 Å². The standard InChI is InChI=1S/C13H18N2O4S/c1-9(10-4-3-5-20-10)14-12(18)15-7-13(2,8-15)19-6-11(16)17/h3-5,9H,6-8H2,1-2H3,(H,14,18)(H,16,17). The van der Waals surface area contributed by atoms with Gasteiger partial charge < -0.3 is 20.1 Å². The van der Waals surface area contributed by atoms with Crippen LogP contribution in [0, 0.1) is 0 Å². The summed E-state index contributed by atoms with van der Waals surface area (Å²) < 4.78 is 5.27. The quantitative estimate of drug-likeness (QED) is 0.867. The van der Waals surface area contributed by atoms with Crippen LogP contribution in [0.3, 0.4) is 0 Å². The zero-order valence-corrected chi connectivity index (χ0v) is 12.3. The number of carbonyl (C=O) groups is 2. The third-order valence-electron chi connectivity index (χ3n) is 3.19. The molecule has 0 spiro atoms. The van der Waals surface area contributed by atoms with E-state index >= 15 is 0 Å². The number of thiophene rings is 1. The third kappa shape index (κ3) is 3.49. The average molecular weight is 298 g/mol. The molecule has 2 heterocycles. The largest absolute Gasteiger partial charge is 0.480 e. The molecular weight excluding hydrogens is 280 g/mol. The van der Waals surface area contributed by atoms with Gasteiger partial charge in [0.2, 0.25) is 0 Å². The molecule has 0 aromatic carbocycles. The molecule has 2 amide bonds. The second-order valence-corrected chi connectivity index (χ2v) is 6.15. The molecule has 110 valence electrons. The number of hydrogen-bond donors (Lipinski definition) is 2. The summed E-state index contributed by atoms with van der Waals surface area (Å²) in [4.78, 5) is 25.2. The molecule has 1 aromatic rings. The van der Waals surface area contributed by atoms with Crippen molar-refractivity contribution in [2.75, 3.05) is 19.7 Å². The van der Waals surface area contributed by atoms with Gasteiger partial charge in [0, 0.05) is 4.88 Å². The molecule has 2 rings (SSSR count). The van der Waals surface area contributed by atoms with Crippen LogP contribution in [-0.4, -0.2) is 47.3 Å². The number of carboxylic acids is 1. The lowest BCUT2D eigenvalue weighted by molar-refractivity contribution is -0.159. The summed E-state index contributed by atoms with van der Waals surface area (Å²) in [6, 6.07) is 3.74. The van der Waals surface area contributed by atoms with E-state index in [1.807, 2.05) is 31.4 Å². The Morgan fingerprint density at radius 3 is 2.85 bits per heavy atom. The van der Waals surface area contributed by atoms with Crippen LogP contribution in [-0.2, 0) is 9.53 Å². The Labute approximate surface area is 121 Å². The number of nitrogens with one attached hydrogen (secondary N) is 1. The van der Waals surface area contributed by atoms with Crippen LogP contribution in [0.4, 0.5) is 4.79 Å². The van der Waals surface area contributed by atoms with E-state index in [-0.39, 0.29) is 18.7 Å². The average Bonchev–Trinajstić information content (AvgIpc) is 2.86. The number of rotatable bonds is 5. The van der Waals surface area contributed by atoms with Crippen LogP contribution in [0.25, 0.3) is 0 Å². The zero-order valence-electron chi connectivity index (χ0n) is 11.5. The zero-order chi connectivity index (χ0) is 14.8. The number of hydrogen-bond acceptors (Lipinski definition) is 4. The highest BCUT2D eigenvalue weighted by atomic mass is 32.1. The summed E-state index contributed by atoms with van der Waals surface area (Å²) in [5, 5.41) is 13.5. The van der Waals surface area contributed by atoms with Crippen molar-refractivity contribution in [1.29, 1.82) is 0 Å². The Bertz CT molecular complexity index is 483. The molecule has 1 aliphatic rings. The second-order valence-electron chi connectivity index (χ2n) is 5.17. The SMILES string of the molecule is CC(NC(=O)N1CC(C)(OCC(=O)O)C1)c1cccs1. The smallest absolute Gasteiger partial charge is 0.329 e. The molecule has 6 nitrogen and oxygen atoms in total. The molecule has 1 saturated heterocycles. The number of carbonyl (C=O) groups excluding carboxylic acids is 1. The molecule has 0 saturated carbocycles. The van der Waals surface area contributed by atoms with Gasteiger partial charge in [0.1, 0.15) is 12.2 Å². The van der Waals surface area contributed by atoms with Crippen LogP contribution < -0.4 is 5.32 Å². The molecular formula is C13H18N2O4S. The van der Waals surface area contributed by atoms with Crippen molar-refractivity contribution in [3.05, 3.63) is 22.4 Å². The monoisotopic (exact) mass is 298 g/mol. The Hall–Kier alpha value is -1.60. The van der Waals surface area contributed by atoms with Crippen molar-refractivity contribution in [3.63, 3.8) is 0 Å². The molecule has 1 unspecified atom stereocenters. The van der Waals surface area contributed by atoms with Gasteiger partial charge >= 0.3 is 12.0 Å². The maximum Gasteiger partial charge on any atom is 0.329 e. The van der Waals surface area contributed by atoms with Gasteiger partial charge in [-0.2, -0.15) is 0 Å². The van der Waals surface area contributed by atoms with E-state index in [4.69, 9.17) is 9.84 Å². The first-order valence-corrected chi connectivity index (χ1v) is 7.22. The summed E-state index contributed by atoms with van der Waals surface area (Å²) in [7, 11) is 0. The van der Waals surface area contributed by atoms with Crippen molar-refractivity contribution < 1.29 is 19.4 Å². The van der Waals surface area contributed by atoms with E-state index in [0.717, 1.165) is 4.88 Å². The lowest BCUT2D eigenvalue weighted by Gasteiger charge is -2.47. The Morgan fingerprint density at radius 2 is 2.30 bits per heavy atom. The summed E-state index contributed by atoms with van der Waals surface area (Å²) >= 11 is 1.60. The number of aliphatic carboxylic acids is 1. The molecule has 1 atom stereocenters. The molecule has 7 heteroatoms. The van der Waals surface area contributed by atoms with Crippen LogP contribution in [0.5, 0.6) is 0 Å².